The molecule has 0 bridgehead atoms. The minimum atomic E-state index is -0.444. The van der Waals surface area contributed by atoms with Crippen molar-refractivity contribution < 1.29 is 9.59 Å². The predicted octanol–water partition coefficient (Wildman–Crippen LogP) is -1.31. The molecule has 0 radical (unpaired) electrons. The minimum Gasteiger partial charge on any atom is -0.354 e. The first-order chi connectivity index (χ1) is 6.24. The van der Waals surface area contributed by atoms with E-state index in [1.54, 1.807) is 0 Å². The second-order valence-corrected chi connectivity index (χ2v) is 2.97. The minimum absolute atomic E-state index is 0.0787. The van der Waals surface area contributed by atoms with Crippen LogP contribution >= 0.6 is 0 Å². The maximum absolute atomic E-state index is 11.1. The van der Waals surface area contributed by atoms with Crippen molar-refractivity contribution in [2.24, 2.45) is 11.8 Å². The van der Waals surface area contributed by atoms with Gasteiger partial charge in [-0.05, 0) is 12.8 Å². The first-order valence-corrected chi connectivity index (χ1v) is 4.26. The maximum Gasteiger partial charge on any atom is 0.328 e. The van der Waals surface area contributed by atoms with Crippen LogP contribution in [0.2, 0.25) is 0 Å². The number of hydrazine groups is 1. The van der Waals surface area contributed by atoms with Crippen LogP contribution in [0, 0.1) is 5.92 Å². The summed E-state index contributed by atoms with van der Waals surface area (Å²) >= 11 is 0. The van der Waals surface area contributed by atoms with Gasteiger partial charge < -0.3 is 10.6 Å². The first kappa shape index (κ1) is 9.79. The number of urea groups is 1. The number of carbonyl (C=O) groups is 2. The van der Waals surface area contributed by atoms with Crippen molar-refractivity contribution in [3.8, 4) is 0 Å². The molecule has 0 aromatic carbocycles. The summed E-state index contributed by atoms with van der Waals surface area (Å²) < 4.78 is 0. The third kappa shape index (κ3) is 3.75. The molecule has 0 aromatic rings. The largest absolute Gasteiger partial charge is 0.354 e. The Kier molecular flexibility index (Phi) is 3.51. The molecule has 1 saturated carbocycles. The lowest BCUT2D eigenvalue weighted by molar-refractivity contribution is -0.122. The molecule has 0 aromatic heterocycles. The van der Waals surface area contributed by atoms with E-state index in [9.17, 15) is 9.59 Å². The quantitative estimate of drug-likeness (QED) is 0.190. The number of carbonyl (C=O) groups excluding carboxylic acids is 2. The van der Waals surface area contributed by atoms with Gasteiger partial charge in [-0.3, -0.25) is 10.2 Å². The summed E-state index contributed by atoms with van der Waals surface area (Å²) in [4.78, 5) is 21.6. The zero-order chi connectivity index (χ0) is 9.68. The molecule has 3 amide bonds. The van der Waals surface area contributed by atoms with Crippen LogP contribution in [0.3, 0.4) is 0 Å². The maximum atomic E-state index is 11.1. The van der Waals surface area contributed by atoms with Gasteiger partial charge in [-0.2, -0.15) is 0 Å². The van der Waals surface area contributed by atoms with Crippen molar-refractivity contribution in [3.63, 3.8) is 0 Å². The van der Waals surface area contributed by atoms with Crippen molar-refractivity contribution in [3.05, 3.63) is 0 Å². The third-order valence-electron chi connectivity index (χ3n) is 1.79. The molecular weight excluding hydrogens is 172 g/mol. The van der Waals surface area contributed by atoms with E-state index in [0.29, 0.717) is 13.1 Å². The Bertz CT molecular complexity index is 203. The van der Waals surface area contributed by atoms with E-state index in [1.807, 2.05) is 5.43 Å². The van der Waals surface area contributed by atoms with Crippen LogP contribution in [-0.2, 0) is 4.79 Å². The molecule has 6 nitrogen and oxygen atoms in total. The first-order valence-electron chi connectivity index (χ1n) is 4.26. The molecule has 0 saturated heterocycles. The second kappa shape index (κ2) is 4.66. The summed E-state index contributed by atoms with van der Waals surface area (Å²) in [7, 11) is 0. The van der Waals surface area contributed by atoms with Crippen LogP contribution < -0.4 is 21.9 Å². The highest BCUT2D eigenvalue weighted by molar-refractivity contribution is 5.80. The number of rotatable bonds is 4. The van der Waals surface area contributed by atoms with Gasteiger partial charge in [-0.15, -0.1) is 0 Å². The number of hydrogen-bond donors (Lipinski definition) is 4. The Labute approximate surface area is 76.2 Å². The lowest BCUT2D eigenvalue weighted by Gasteiger charge is -2.05. The van der Waals surface area contributed by atoms with Gasteiger partial charge in [0.05, 0.1) is 0 Å². The Morgan fingerprint density at radius 3 is 2.38 bits per heavy atom. The predicted molar refractivity (Wildman–Crippen MR) is 46.5 cm³/mol. The normalized spacial score (nSPS) is 14.8. The smallest absolute Gasteiger partial charge is 0.328 e. The summed E-state index contributed by atoms with van der Waals surface area (Å²) in [5.41, 5.74) is 1.93. The van der Waals surface area contributed by atoms with Gasteiger partial charge in [0.25, 0.3) is 0 Å². The SMILES string of the molecule is NNC(=O)NCCNC(=O)C1CC1. The number of nitrogens with two attached hydrogens (primary N) is 1. The van der Waals surface area contributed by atoms with E-state index < -0.39 is 6.03 Å². The molecule has 1 rings (SSSR count). The van der Waals surface area contributed by atoms with Crippen LogP contribution in [0.4, 0.5) is 4.79 Å². The lowest BCUT2D eigenvalue weighted by atomic mass is 10.4. The van der Waals surface area contributed by atoms with Gasteiger partial charge in [-0.25, -0.2) is 10.6 Å². The van der Waals surface area contributed by atoms with Crippen molar-refractivity contribution in [2.75, 3.05) is 13.1 Å². The fourth-order valence-electron chi connectivity index (χ4n) is 0.903. The number of amides is 3. The van der Waals surface area contributed by atoms with Crippen LogP contribution in [0.5, 0.6) is 0 Å². The summed E-state index contributed by atoms with van der Waals surface area (Å²) in [6, 6.07) is -0.444. The Balaban J connectivity index is 1.94. The van der Waals surface area contributed by atoms with E-state index in [-0.39, 0.29) is 11.8 Å². The van der Waals surface area contributed by atoms with Gasteiger partial charge in [-0.1, -0.05) is 0 Å². The molecular formula is C7H14N4O2. The van der Waals surface area contributed by atoms with Crippen molar-refractivity contribution in [2.45, 2.75) is 12.8 Å². The summed E-state index contributed by atoms with van der Waals surface area (Å²) in [6.07, 6.45) is 1.98. The van der Waals surface area contributed by atoms with Crippen molar-refractivity contribution in [1.82, 2.24) is 16.1 Å². The van der Waals surface area contributed by atoms with Crippen LogP contribution in [0.25, 0.3) is 0 Å². The van der Waals surface area contributed by atoms with Crippen LogP contribution in [-0.4, -0.2) is 25.0 Å². The third-order valence-corrected chi connectivity index (χ3v) is 1.79. The van der Waals surface area contributed by atoms with Gasteiger partial charge >= 0.3 is 6.03 Å². The molecule has 1 fully saturated rings. The highest BCUT2D eigenvalue weighted by atomic mass is 16.2. The molecule has 0 unspecified atom stereocenters. The highest BCUT2D eigenvalue weighted by Gasteiger charge is 2.28. The molecule has 13 heavy (non-hydrogen) atoms. The topological polar surface area (TPSA) is 96.2 Å². The molecule has 0 aliphatic heterocycles. The molecule has 5 N–H and O–H groups in total. The summed E-state index contributed by atoms with van der Waals surface area (Å²) in [5, 5.41) is 5.16. The van der Waals surface area contributed by atoms with Crippen molar-refractivity contribution in [1.29, 1.82) is 0 Å². The monoisotopic (exact) mass is 186 g/mol. The van der Waals surface area contributed by atoms with Gasteiger partial charge in [0.2, 0.25) is 5.91 Å². The number of nitrogens with one attached hydrogen (secondary N) is 3. The van der Waals surface area contributed by atoms with Crippen LogP contribution in [0.15, 0.2) is 0 Å². The number of hydrogen-bond acceptors (Lipinski definition) is 3. The second-order valence-electron chi connectivity index (χ2n) is 2.97. The molecule has 74 valence electrons. The molecule has 0 spiro atoms. The molecule has 0 atom stereocenters. The molecule has 6 heteroatoms. The fourth-order valence-corrected chi connectivity index (χ4v) is 0.903. The standard InChI is InChI=1S/C7H14N4O2/c8-11-7(13)10-4-3-9-6(12)5-1-2-5/h5H,1-4,8H2,(H,9,12)(H2,10,11,13). The van der Waals surface area contributed by atoms with Gasteiger partial charge in [0.1, 0.15) is 0 Å². The van der Waals surface area contributed by atoms with Gasteiger partial charge in [0.15, 0.2) is 0 Å². The highest BCUT2D eigenvalue weighted by Crippen LogP contribution is 2.28. The Morgan fingerprint density at radius 2 is 1.85 bits per heavy atom. The molecule has 1 aliphatic carbocycles. The summed E-state index contributed by atoms with van der Waals surface area (Å²) in [5.74, 6) is 5.11. The van der Waals surface area contributed by atoms with E-state index in [2.05, 4.69) is 10.6 Å². The Hall–Kier alpha value is -1.30. The average Bonchev–Trinajstić information content (AvgIpc) is 2.94. The van der Waals surface area contributed by atoms with Gasteiger partial charge in [0, 0.05) is 19.0 Å². The zero-order valence-electron chi connectivity index (χ0n) is 7.30. The van der Waals surface area contributed by atoms with Crippen molar-refractivity contribution >= 4 is 11.9 Å². The average molecular weight is 186 g/mol. The van der Waals surface area contributed by atoms with Crippen LogP contribution in [0.1, 0.15) is 12.8 Å². The summed E-state index contributed by atoms with van der Waals surface area (Å²) in [6.45, 7) is 0.838. The lowest BCUT2D eigenvalue weighted by Crippen LogP contribution is -2.43. The Morgan fingerprint density at radius 1 is 1.23 bits per heavy atom. The zero-order valence-corrected chi connectivity index (χ0v) is 7.30. The molecule has 1 aliphatic rings. The fraction of sp³-hybridized carbons (Fsp3) is 0.714. The van der Waals surface area contributed by atoms with E-state index in [4.69, 9.17) is 5.84 Å². The van der Waals surface area contributed by atoms with E-state index in [1.165, 1.54) is 0 Å². The van der Waals surface area contributed by atoms with E-state index in [0.717, 1.165) is 12.8 Å². The van der Waals surface area contributed by atoms with E-state index >= 15 is 0 Å². The molecule has 0 heterocycles.